The Hall–Kier alpha value is -1.66. The van der Waals surface area contributed by atoms with Crippen molar-refractivity contribution < 1.29 is 9.53 Å². The fourth-order valence-corrected chi connectivity index (χ4v) is 0.637. The number of amides is 1. The quantitative estimate of drug-likeness (QED) is 0.614. The molecule has 0 fully saturated rings. The van der Waals surface area contributed by atoms with Gasteiger partial charge in [-0.3, -0.25) is 0 Å². The Balaban J connectivity index is 2.15. The van der Waals surface area contributed by atoms with E-state index in [1.165, 1.54) is 7.11 Å². The molecule has 66 valence electrons. The summed E-state index contributed by atoms with van der Waals surface area (Å²) in [5.74, 6) is 0.561. The summed E-state index contributed by atoms with van der Waals surface area (Å²) in [5, 5.41) is 15.6. The first-order chi connectivity index (χ1) is 5.83. The lowest BCUT2D eigenvalue weighted by Crippen LogP contribution is -2.25. The van der Waals surface area contributed by atoms with Gasteiger partial charge in [0, 0.05) is 13.0 Å². The van der Waals surface area contributed by atoms with E-state index in [0.29, 0.717) is 18.8 Å². The molecule has 0 aliphatic rings. The largest absolute Gasteiger partial charge is 0.453 e. The van der Waals surface area contributed by atoms with E-state index in [4.69, 9.17) is 0 Å². The number of nitrogens with zero attached hydrogens (tertiary/aromatic N) is 3. The zero-order valence-corrected chi connectivity index (χ0v) is 6.57. The van der Waals surface area contributed by atoms with Gasteiger partial charge in [0.1, 0.15) is 0 Å². The van der Waals surface area contributed by atoms with Crippen molar-refractivity contribution in [1.82, 2.24) is 25.9 Å². The number of H-pyrrole nitrogens is 1. The summed E-state index contributed by atoms with van der Waals surface area (Å²) in [4.78, 5) is 10.5. The number of alkyl carbamates (subject to hydrolysis) is 1. The molecule has 0 radical (unpaired) electrons. The van der Waals surface area contributed by atoms with Crippen molar-refractivity contribution >= 4 is 6.09 Å². The molecular weight excluding hydrogens is 162 g/mol. The molecule has 2 N–H and O–H groups in total. The van der Waals surface area contributed by atoms with Crippen LogP contribution in [0.5, 0.6) is 0 Å². The lowest BCUT2D eigenvalue weighted by Gasteiger charge is -1.99. The predicted octanol–water partition coefficient (Wildman–Crippen LogP) is -0.902. The minimum atomic E-state index is -0.460. The van der Waals surface area contributed by atoms with Gasteiger partial charge in [0.2, 0.25) is 0 Å². The van der Waals surface area contributed by atoms with Gasteiger partial charge in [-0.25, -0.2) is 4.79 Å². The normalized spacial score (nSPS) is 9.42. The van der Waals surface area contributed by atoms with Crippen LogP contribution in [0.4, 0.5) is 4.79 Å². The summed E-state index contributed by atoms with van der Waals surface area (Å²) >= 11 is 0. The molecule has 1 aromatic rings. The molecule has 0 aliphatic carbocycles. The molecule has 0 saturated carbocycles. The second-order valence-corrected chi connectivity index (χ2v) is 2.00. The highest BCUT2D eigenvalue weighted by molar-refractivity contribution is 5.66. The fraction of sp³-hybridized carbons (Fsp3) is 0.600. The number of tetrazole rings is 1. The van der Waals surface area contributed by atoms with Crippen LogP contribution < -0.4 is 5.32 Å². The Morgan fingerprint density at radius 3 is 3.17 bits per heavy atom. The number of carbonyl (C=O) groups excluding carboxylic acids is 1. The summed E-state index contributed by atoms with van der Waals surface area (Å²) < 4.78 is 4.36. The van der Waals surface area contributed by atoms with Crippen LogP contribution in [-0.4, -0.2) is 40.4 Å². The van der Waals surface area contributed by atoms with E-state index in [2.05, 4.69) is 30.7 Å². The highest BCUT2D eigenvalue weighted by Crippen LogP contribution is 1.83. The Bertz CT molecular complexity index is 234. The van der Waals surface area contributed by atoms with Crippen molar-refractivity contribution in [2.75, 3.05) is 13.7 Å². The van der Waals surface area contributed by atoms with E-state index in [-0.39, 0.29) is 0 Å². The van der Waals surface area contributed by atoms with Gasteiger partial charge in [-0.1, -0.05) is 5.21 Å². The summed E-state index contributed by atoms with van der Waals surface area (Å²) in [6, 6.07) is 0. The minimum Gasteiger partial charge on any atom is -0.453 e. The number of hydrogen-bond donors (Lipinski definition) is 2. The van der Waals surface area contributed by atoms with E-state index in [1.807, 2.05) is 0 Å². The van der Waals surface area contributed by atoms with Gasteiger partial charge >= 0.3 is 6.09 Å². The van der Waals surface area contributed by atoms with E-state index in [0.717, 1.165) is 0 Å². The third-order valence-electron chi connectivity index (χ3n) is 1.19. The van der Waals surface area contributed by atoms with Crippen molar-refractivity contribution in [3.05, 3.63) is 5.82 Å². The van der Waals surface area contributed by atoms with Crippen molar-refractivity contribution in [2.45, 2.75) is 6.42 Å². The standard InChI is InChI=1S/C5H9N5O2/c1-12-5(11)6-3-2-4-7-9-10-8-4/h2-3H2,1H3,(H,6,11)(H,7,8,9,10). The second kappa shape index (κ2) is 4.27. The molecule has 1 aromatic heterocycles. The SMILES string of the molecule is COC(=O)NCCc1nn[nH]n1. The molecule has 0 aliphatic heterocycles. The molecule has 7 heteroatoms. The Labute approximate surface area is 68.5 Å². The van der Waals surface area contributed by atoms with Crippen LogP contribution in [0, 0.1) is 0 Å². The van der Waals surface area contributed by atoms with Gasteiger partial charge in [0.25, 0.3) is 0 Å². The molecule has 0 bridgehead atoms. The maximum Gasteiger partial charge on any atom is 0.406 e. The van der Waals surface area contributed by atoms with Crippen molar-refractivity contribution in [2.24, 2.45) is 0 Å². The van der Waals surface area contributed by atoms with Gasteiger partial charge in [-0.05, 0) is 0 Å². The Kier molecular flexibility index (Phi) is 3.00. The number of aromatic nitrogens is 4. The molecule has 0 atom stereocenters. The first kappa shape index (κ1) is 8.44. The smallest absolute Gasteiger partial charge is 0.406 e. The summed E-state index contributed by atoms with van der Waals surface area (Å²) in [6.07, 6.45) is 0.0736. The van der Waals surface area contributed by atoms with Crippen LogP contribution in [0.25, 0.3) is 0 Å². The molecule has 1 heterocycles. The van der Waals surface area contributed by atoms with Gasteiger partial charge in [0.15, 0.2) is 5.82 Å². The number of hydrogen-bond acceptors (Lipinski definition) is 5. The highest BCUT2D eigenvalue weighted by atomic mass is 16.5. The first-order valence-corrected chi connectivity index (χ1v) is 3.37. The molecule has 0 saturated heterocycles. The second-order valence-electron chi connectivity index (χ2n) is 2.00. The molecule has 12 heavy (non-hydrogen) atoms. The maximum atomic E-state index is 10.5. The average Bonchev–Trinajstić information content (AvgIpc) is 2.57. The average molecular weight is 171 g/mol. The van der Waals surface area contributed by atoms with Gasteiger partial charge in [-0.15, -0.1) is 10.2 Å². The zero-order valence-electron chi connectivity index (χ0n) is 6.57. The highest BCUT2D eigenvalue weighted by Gasteiger charge is 2.00. The Morgan fingerprint density at radius 1 is 1.75 bits per heavy atom. The first-order valence-electron chi connectivity index (χ1n) is 3.37. The number of methoxy groups -OCH3 is 1. The maximum absolute atomic E-state index is 10.5. The van der Waals surface area contributed by atoms with Crippen molar-refractivity contribution in [3.63, 3.8) is 0 Å². The summed E-state index contributed by atoms with van der Waals surface area (Å²) in [7, 11) is 1.31. The molecule has 0 spiro atoms. The number of aromatic amines is 1. The zero-order chi connectivity index (χ0) is 8.81. The van der Waals surface area contributed by atoms with Crippen LogP contribution in [0.3, 0.4) is 0 Å². The van der Waals surface area contributed by atoms with Crippen molar-refractivity contribution in [3.8, 4) is 0 Å². The van der Waals surface area contributed by atoms with Crippen LogP contribution >= 0.6 is 0 Å². The van der Waals surface area contributed by atoms with E-state index < -0.39 is 6.09 Å². The van der Waals surface area contributed by atoms with Crippen LogP contribution in [-0.2, 0) is 11.2 Å². The molecule has 0 unspecified atom stereocenters. The topological polar surface area (TPSA) is 92.8 Å². The molecular formula is C5H9N5O2. The number of rotatable bonds is 3. The van der Waals surface area contributed by atoms with E-state index in [9.17, 15) is 4.79 Å². The summed E-state index contributed by atoms with van der Waals surface area (Å²) in [6.45, 7) is 0.437. The van der Waals surface area contributed by atoms with Gasteiger partial charge in [-0.2, -0.15) is 5.21 Å². The Morgan fingerprint density at radius 2 is 2.58 bits per heavy atom. The fourth-order valence-electron chi connectivity index (χ4n) is 0.637. The number of ether oxygens (including phenoxy) is 1. The minimum absolute atomic E-state index is 0.437. The van der Waals surface area contributed by atoms with Crippen LogP contribution in [0.15, 0.2) is 0 Å². The number of carbonyl (C=O) groups is 1. The molecule has 0 aromatic carbocycles. The predicted molar refractivity (Wildman–Crippen MR) is 38.3 cm³/mol. The lowest BCUT2D eigenvalue weighted by molar-refractivity contribution is 0.171. The monoisotopic (exact) mass is 171 g/mol. The molecule has 1 amide bonds. The van der Waals surface area contributed by atoms with Gasteiger partial charge in [0.05, 0.1) is 7.11 Å². The van der Waals surface area contributed by atoms with E-state index >= 15 is 0 Å². The molecule has 7 nitrogen and oxygen atoms in total. The van der Waals surface area contributed by atoms with E-state index in [1.54, 1.807) is 0 Å². The van der Waals surface area contributed by atoms with Crippen LogP contribution in [0.1, 0.15) is 5.82 Å². The third-order valence-corrected chi connectivity index (χ3v) is 1.19. The van der Waals surface area contributed by atoms with Crippen molar-refractivity contribution in [1.29, 1.82) is 0 Å². The lowest BCUT2D eigenvalue weighted by atomic mass is 10.4. The third kappa shape index (κ3) is 2.52. The molecule has 1 rings (SSSR count). The number of nitrogens with one attached hydrogen (secondary N) is 2. The van der Waals surface area contributed by atoms with Gasteiger partial charge < -0.3 is 10.1 Å². The van der Waals surface area contributed by atoms with Crippen LogP contribution in [0.2, 0.25) is 0 Å². The summed E-state index contributed by atoms with van der Waals surface area (Å²) in [5.41, 5.74) is 0.